The first kappa shape index (κ1) is 21.0. The van der Waals surface area contributed by atoms with Gasteiger partial charge in [0.05, 0.1) is 24.8 Å². The third-order valence-electron chi connectivity index (χ3n) is 5.97. The lowest BCUT2D eigenvalue weighted by atomic mass is 9.93. The minimum Gasteiger partial charge on any atom is -0.466 e. The van der Waals surface area contributed by atoms with Gasteiger partial charge in [0.15, 0.2) is 10.9 Å². The number of hydrogen-bond donors (Lipinski definition) is 0. The average Bonchev–Trinajstić information content (AvgIpc) is 3.54. The zero-order valence-corrected chi connectivity index (χ0v) is 18.5. The number of likely N-dealkylation sites (tertiary alicyclic amines) is 1. The van der Waals surface area contributed by atoms with Gasteiger partial charge >= 0.3 is 5.97 Å². The molecule has 8 nitrogen and oxygen atoms in total. The van der Waals surface area contributed by atoms with Gasteiger partial charge < -0.3 is 9.15 Å². The minimum absolute atomic E-state index is 0.0810. The Labute approximate surface area is 189 Å². The molecule has 3 aromatic rings. The van der Waals surface area contributed by atoms with Crippen LogP contribution < -0.4 is 0 Å². The third kappa shape index (κ3) is 3.86. The number of thioether (sulfide) groups is 1. The van der Waals surface area contributed by atoms with E-state index in [0.29, 0.717) is 23.3 Å². The van der Waals surface area contributed by atoms with E-state index >= 15 is 0 Å². The van der Waals surface area contributed by atoms with Gasteiger partial charge in [0.1, 0.15) is 5.25 Å². The van der Waals surface area contributed by atoms with E-state index < -0.39 is 0 Å². The van der Waals surface area contributed by atoms with Crippen LogP contribution in [-0.2, 0) is 9.53 Å². The minimum atomic E-state index is -0.364. The number of esters is 1. The largest absolute Gasteiger partial charge is 0.466 e. The predicted octanol–water partition coefficient (Wildman–Crippen LogP) is 3.67. The Bertz CT molecular complexity index is 1090. The highest BCUT2D eigenvalue weighted by molar-refractivity contribution is 8.00. The summed E-state index contributed by atoms with van der Waals surface area (Å²) in [5, 5.41) is 4.62. The zero-order chi connectivity index (χ0) is 22.1. The Morgan fingerprint density at radius 1 is 1.22 bits per heavy atom. The van der Waals surface area contributed by atoms with Crippen molar-refractivity contribution in [1.29, 1.82) is 0 Å². The SMILES string of the molecule is CCOC(=O)C1CCN(C(c2ccccc2)C2Sc3nc(-c4ccco4)nn3C2=O)CC1. The van der Waals surface area contributed by atoms with Crippen LogP contribution in [0.15, 0.2) is 58.3 Å². The third-order valence-corrected chi connectivity index (χ3v) is 7.16. The molecule has 1 aromatic carbocycles. The summed E-state index contributed by atoms with van der Waals surface area (Å²) in [4.78, 5) is 32.4. The summed E-state index contributed by atoms with van der Waals surface area (Å²) in [5.41, 5.74) is 1.07. The first-order valence-electron chi connectivity index (χ1n) is 10.8. The van der Waals surface area contributed by atoms with Crippen LogP contribution >= 0.6 is 11.8 Å². The molecule has 0 aliphatic carbocycles. The number of fused-ring (bicyclic) bond motifs is 1. The summed E-state index contributed by atoms with van der Waals surface area (Å²) in [5.74, 6) is 0.664. The van der Waals surface area contributed by atoms with E-state index in [4.69, 9.17) is 9.15 Å². The van der Waals surface area contributed by atoms with Gasteiger partial charge in [-0.3, -0.25) is 14.5 Å². The number of furan rings is 1. The second kappa shape index (κ2) is 8.91. The van der Waals surface area contributed by atoms with Crippen LogP contribution in [0.25, 0.3) is 11.6 Å². The van der Waals surface area contributed by atoms with E-state index in [9.17, 15) is 9.59 Å². The number of nitrogens with zero attached hydrogens (tertiary/aromatic N) is 4. The van der Waals surface area contributed by atoms with Crippen LogP contribution in [0.1, 0.15) is 36.2 Å². The lowest BCUT2D eigenvalue weighted by molar-refractivity contribution is -0.149. The number of piperidine rings is 1. The average molecular weight is 453 g/mol. The number of hydrogen-bond acceptors (Lipinski definition) is 8. The fourth-order valence-corrected chi connectivity index (χ4v) is 5.67. The highest BCUT2D eigenvalue weighted by Gasteiger charge is 2.44. The molecule has 2 aromatic heterocycles. The first-order chi connectivity index (χ1) is 15.7. The van der Waals surface area contributed by atoms with Gasteiger partial charge in [-0.25, -0.2) is 0 Å². The van der Waals surface area contributed by atoms with Crippen molar-refractivity contribution in [3.8, 4) is 11.6 Å². The van der Waals surface area contributed by atoms with E-state index in [0.717, 1.165) is 31.5 Å². The fraction of sp³-hybridized carbons (Fsp3) is 0.391. The molecule has 4 heterocycles. The van der Waals surface area contributed by atoms with Gasteiger partial charge in [0.2, 0.25) is 5.82 Å². The molecular weight excluding hydrogens is 428 g/mol. The van der Waals surface area contributed by atoms with Gasteiger partial charge in [0.25, 0.3) is 5.91 Å². The van der Waals surface area contributed by atoms with Crippen molar-refractivity contribution in [3.63, 3.8) is 0 Å². The Balaban J connectivity index is 1.38. The van der Waals surface area contributed by atoms with E-state index in [1.165, 1.54) is 16.4 Å². The molecule has 0 N–H and O–H groups in total. The second-order valence-corrected chi connectivity index (χ2v) is 9.01. The van der Waals surface area contributed by atoms with Crippen molar-refractivity contribution in [2.75, 3.05) is 19.7 Å². The molecule has 5 rings (SSSR count). The normalized spacial score (nSPS) is 20.3. The molecule has 0 spiro atoms. The molecule has 1 saturated heterocycles. The van der Waals surface area contributed by atoms with Crippen molar-refractivity contribution in [2.45, 2.75) is 36.2 Å². The van der Waals surface area contributed by atoms with Crippen molar-refractivity contribution in [2.24, 2.45) is 5.92 Å². The van der Waals surface area contributed by atoms with Gasteiger partial charge in [-0.05, 0) is 50.6 Å². The number of rotatable bonds is 6. The Kier molecular flexibility index (Phi) is 5.84. The van der Waals surface area contributed by atoms with Crippen molar-refractivity contribution in [3.05, 3.63) is 54.3 Å². The molecule has 32 heavy (non-hydrogen) atoms. The van der Waals surface area contributed by atoms with Crippen molar-refractivity contribution < 1.29 is 18.7 Å². The van der Waals surface area contributed by atoms with Crippen LogP contribution in [0.4, 0.5) is 0 Å². The van der Waals surface area contributed by atoms with Gasteiger partial charge in [-0.1, -0.05) is 42.1 Å². The van der Waals surface area contributed by atoms with Crippen molar-refractivity contribution in [1.82, 2.24) is 19.7 Å². The first-order valence-corrected chi connectivity index (χ1v) is 11.7. The molecular formula is C23H24N4O4S. The van der Waals surface area contributed by atoms with Crippen LogP contribution in [0, 0.1) is 5.92 Å². The number of carbonyl (C=O) groups excluding carboxylic acids is 2. The summed E-state index contributed by atoms with van der Waals surface area (Å²) in [6, 6.07) is 13.5. The van der Waals surface area contributed by atoms with E-state index in [-0.39, 0.29) is 29.1 Å². The maximum Gasteiger partial charge on any atom is 0.309 e. The smallest absolute Gasteiger partial charge is 0.309 e. The summed E-state index contributed by atoms with van der Waals surface area (Å²) in [6.07, 6.45) is 3.00. The standard InChI is InChI=1S/C23H24N4O4S/c1-2-30-22(29)16-10-12-26(13-11-16)18(15-7-4-3-5-8-15)19-21(28)27-23(32-19)24-20(25-27)17-9-6-14-31-17/h3-9,14,16,18-19H,2,10-13H2,1H3. The van der Waals surface area contributed by atoms with E-state index in [1.54, 1.807) is 18.4 Å². The zero-order valence-electron chi connectivity index (χ0n) is 17.7. The topological polar surface area (TPSA) is 90.5 Å². The van der Waals surface area contributed by atoms with Crippen LogP contribution in [0.3, 0.4) is 0 Å². The summed E-state index contributed by atoms with van der Waals surface area (Å²) < 4.78 is 12.0. The summed E-state index contributed by atoms with van der Waals surface area (Å²) in [7, 11) is 0. The molecule has 9 heteroatoms. The molecule has 2 atom stereocenters. The fourth-order valence-electron chi connectivity index (χ4n) is 4.41. The molecule has 2 aliphatic heterocycles. The monoisotopic (exact) mass is 452 g/mol. The van der Waals surface area contributed by atoms with Gasteiger partial charge in [-0.15, -0.1) is 5.10 Å². The molecule has 2 aliphatic rings. The van der Waals surface area contributed by atoms with Gasteiger partial charge in [0, 0.05) is 0 Å². The van der Waals surface area contributed by atoms with Crippen molar-refractivity contribution >= 4 is 23.6 Å². The van der Waals surface area contributed by atoms with Crippen LogP contribution in [0.2, 0.25) is 0 Å². The maximum atomic E-state index is 13.4. The number of carbonyl (C=O) groups is 2. The Hall–Kier alpha value is -2.91. The van der Waals surface area contributed by atoms with Gasteiger partial charge in [-0.2, -0.15) is 9.67 Å². The maximum absolute atomic E-state index is 13.4. The molecule has 2 unspecified atom stereocenters. The predicted molar refractivity (Wildman–Crippen MR) is 118 cm³/mol. The molecule has 166 valence electrons. The van der Waals surface area contributed by atoms with E-state index in [1.807, 2.05) is 25.1 Å². The quantitative estimate of drug-likeness (QED) is 0.524. The molecule has 1 fully saturated rings. The summed E-state index contributed by atoms with van der Waals surface area (Å²) >= 11 is 1.44. The summed E-state index contributed by atoms with van der Waals surface area (Å²) in [6.45, 7) is 3.68. The van der Waals surface area contributed by atoms with E-state index in [2.05, 4.69) is 27.1 Å². The Morgan fingerprint density at radius 3 is 2.66 bits per heavy atom. The highest BCUT2D eigenvalue weighted by atomic mass is 32.2. The van der Waals surface area contributed by atoms with Crippen LogP contribution in [0.5, 0.6) is 0 Å². The molecule has 0 amide bonds. The highest BCUT2D eigenvalue weighted by Crippen LogP contribution is 2.42. The number of benzene rings is 1. The molecule has 0 saturated carbocycles. The van der Waals surface area contributed by atoms with Crippen LogP contribution in [-0.4, -0.2) is 56.5 Å². The molecule has 0 radical (unpaired) electrons. The Morgan fingerprint density at radius 2 is 2.00 bits per heavy atom. The molecule has 0 bridgehead atoms. The number of aromatic nitrogens is 3. The lowest BCUT2D eigenvalue weighted by Gasteiger charge is -2.38. The number of ether oxygens (including phenoxy) is 1. The lowest BCUT2D eigenvalue weighted by Crippen LogP contribution is -2.44. The second-order valence-electron chi connectivity index (χ2n) is 7.90.